The lowest BCUT2D eigenvalue weighted by Gasteiger charge is -2.31. The van der Waals surface area contributed by atoms with E-state index in [1.807, 2.05) is 24.5 Å². The highest BCUT2D eigenvalue weighted by molar-refractivity contribution is 7.98. The number of carbonyl (C=O) groups is 2. The summed E-state index contributed by atoms with van der Waals surface area (Å²) in [5, 5.41) is 9.76. The van der Waals surface area contributed by atoms with Gasteiger partial charge in [0, 0.05) is 23.7 Å². The molecular weight excluding hydrogens is 378 g/mol. The molecule has 2 N–H and O–H groups in total. The summed E-state index contributed by atoms with van der Waals surface area (Å²) in [7, 11) is 0. The van der Waals surface area contributed by atoms with Crippen molar-refractivity contribution in [3.63, 3.8) is 0 Å². The Bertz CT molecular complexity index is 756. The summed E-state index contributed by atoms with van der Waals surface area (Å²) >= 11 is 3.33. The first-order valence-corrected chi connectivity index (χ1v) is 11.3. The first-order valence-electron chi connectivity index (χ1n) is 9.10. The number of amides is 2. The van der Waals surface area contributed by atoms with Crippen molar-refractivity contribution in [2.75, 3.05) is 31.2 Å². The molecule has 1 fully saturated rings. The molecule has 27 heavy (non-hydrogen) atoms. The number of nitrogens with zero attached hydrogens (tertiary/aromatic N) is 1. The minimum atomic E-state index is -0.608. The summed E-state index contributed by atoms with van der Waals surface area (Å²) in [6.45, 7) is 3.62. The Balaban J connectivity index is 1.38. The highest BCUT2D eigenvalue weighted by Gasteiger charge is 2.21. The highest BCUT2D eigenvalue weighted by Crippen LogP contribution is 2.20. The molecule has 5 nitrogen and oxygen atoms in total. The van der Waals surface area contributed by atoms with Crippen molar-refractivity contribution in [1.29, 1.82) is 0 Å². The van der Waals surface area contributed by atoms with Crippen molar-refractivity contribution >= 4 is 40.6 Å². The van der Waals surface area contributed by atoms with E-state index in [1.165, 1.54) is 5.56 Å². The maximum Gasteiger partial charge on any atom is 0.313 e. The smallest absolute Gasteiger partial charge is 0.313 e. The molecule has 2 heterocycles. The number of nitrogens with one attached hydrogen (secondary N) is 2. The Kier molecular flexibility index (Phi) is 7.32. The van der Waals surface area contributed by atoms with Gasteiger partial charge in [-0.25, -0.2) is 0 Å². The number of piperidine rings is 1. The third-order valence-corrected chi connectivity index (χ3v) is 6.24. The molecule has 2 aromatic rings. The molecule has 0 spiro atoms. The van der Waals surface area contributed by atoms with Crippen LogP contribution >= 0.6 is 23.1 Å². The quantitative estimate of drug-likeness (QED) is 0.573. The van der Waals surface area contributed by atoms with E-state index in [1.54, 1.807) is 29.2 Å². The fourth-order valence-corrected chi connectivity index (χ4v) is 4.31. The lowest BCUT2D eigenvalue weighted by Crippen LogP contribution is -2.41. The van der Waals surface area contributed by atoms with Crippen LogP contribution < -0.4 is 10.6 Å². The van der Waals surface area contributed by atoms with Crippen LogP contribution in [0.3, 0.4) is 0 Å². The molecule has 0 saturated carbocycles. The van der Waals surface area contributed by atoms with Gasteiger partial charge in [0.1, 0.15) is 0 Å². The third kappa shape index (κ3) is 6.09. The van der Waals surface area contributed by atoms with Crippen molar-refractivity contribution in [3.8, 4) is 0 Å². The van der Waals surface area contributed by atoms with Gasteiger partial charge < -0.3 is 10.6 Å². The second-order valence-corrected chi connectivity index (χ2v) is 8.41. The van der Waals surface area contributed by atoms with E-state index in [0.29, 0.717) is 18.2 Å². The number of rotatable bonds is 6. The normalized spacial score (nSPS) is 15.4. The SMILES string of the molecule is CSc1cccc(NC(=O)C(=O)NCC2CCN(Cc3ccsc3)CC2)c1. The molecule has 7 heteroatoms. The number of anilines is 1. The van der Waals surface area contributed by atoms with Gasteiger partial charge >= 0.3 is 11.8 Å². The molecule has 1 saturated heterocycles. The fraction of sp³-hybridized carbons (Fsp3) is 0.400. The fourth-order valence-electron chi connectivity index (χ4n) is 3.20. The van der Waals surface area contributed by atoms with Crippen molar-refractivity contribution < 1.29 is 9.59 Å². The average Bonchev–Trinajstić information content (AvgIpc) is 3.20. The van der Waals surface area contributed by atoms with Gasteiger partial charge in [0.2, 0.25) is 0 Å². The average molecular weight is 404 g/mol. The lowest BCUT2D eigenvalue weighted by molar-refractivity contribution is -0.136. The number of hydrogen-bond donors (Lipinski definition) is 2. The Labute approximate surface area is 168 Å². The molecule has 1 aliphatic heterocycles. The van der Waals surface area contributed by atoms with Crippen molar-refractivity contribution in [2.45, 2.75) is 24.3 Å². The van der Waals surface area contributed by atoms with Gasteiger partial charge in [-0.3, -0.25) is 14.5 Å². The molecule has 3 rings (SSSR count). The summed E-state index contributed by atoms with van der Waals surface area (Å²) < 4.78 is 0. The zero-order chi connectivity index (χ0) is 19.1. The van der Waals surface area contributed by atoms with E-state index >= 15 is 0 Å². The number of hydrogen-bond acceptors (Lipinski definition) is 5. The van der Waals surface area contributed by atoms with Crippen LogP contribution in [0.2, 0.25) is 0 Å². The summed E-state index contributed by atoms with van der Waals surface area (Å²) in [5.74, 6) is -0.742. The number of benzene rings is 1. The van der Waals surface area contributed by atoms with E-state index in [9.17, 15) is 9.59 Å². The Hall–Kier alpha value is -1.83. The van der Waals surface area contributed by atoms with Crippen LogP contribution in [0.1, 0.15) is 18.4 Å². The first-order chi connectivity index (χ1) is 13.1. The van der Waals surface area contributed by atoms with Crippen molar-refractivity contribution in [1.82, 2.24) is 10.2 Å². The number of thioether (sulfide) groups is 1. The van der Waals surface area contributed by atoms with Crippen LogP contribution in [0, 0.1) is 5.92 Å². The number of thiophene rings is 1. The van der Waals surface area contributed by atoms with Gasteiger partial charge in [-0.2, -0.15) is 11.3 Å². The monoisotopic (exact) mass is 403 g/mol. The van der Waals surface area contributed by atoms with Gasteiger partial charge in [-0.05, 0) is 78.7 Å². The Morgan fingerprint density at radius 3 is 2.74 bits per heavy atom. The van der Waals surface area contributed by atoms with Crippen LogP contribution in [-0.2, 0) is 16.1 Å². The second kappa shape index (κ2) is 9.92. The maximum atomic E-state index is 12.1. The molecular formula is C20H25N3O2S2. The van der Waals surface area contributed by atoms with E-state index in [4.69, 9.17) is 0 Å². The van der Waals surface area contributed by atoms with Gasteiger partial charge in [0.15, 0.2) is 0 Å². The standard InChI is InChI=1S/C20H25N3O2S2/c1-26-18-4-2-3-17(11-18)22-20(25)19(24)21-12-15-5-8-23(9-6-15)13-16-7-10-27-14-16/h2-4,7,10-11,14-15H,5-6,8-9,12-13H2,1H3,(H,21,24)(H,22,25). The molecule has 0 atom stereocenters. The van der Waals surface area contributed by atoms with Crippen LogP contribution in [0.5, 0.6) is 0 Å². The minimum Gasteiger partial charge on any atom is -0.348 e. The minimum absolute atomic E-state index is 0.431. The summed E-state index contributed by atoms with van der Waals surface area (Å²) in [4.78, 5) is 27.7. The predicted molar refractivity (Wildman–Crippen MR) is 112 cm³/mol. The lowest BCUT2D eigenvalue weighted by atomic mass is 9.96. The van der Waals surface area contributed by atoms with Crippen LogP contribution in [0.15, 0.2) is 46.0 Å². The third-order valence-electron chi connectivity index (χ3n) is 4.78. The molecule has 0 aliphatic carbocycles. The Morgan fingerprint density at radius 2 is 2.04 bits per heavy atom. The molecule has 2 amide bonds. The van der Waals surface area contributed by atoms with Gasteiger partial charge in [-0.1, -0.05) is 6.07 Å². The maximum absolute atomic E-state index is 12.1. The van der Waals surface area contributed by atoms with E-state index in [2.05, 4.69) is 32.4 Å². The Morgan fingerprint density at radius 1 is 1.22 bits per heavy atom. The predicted octanol–water partition coefficient (Wildman–Crippen LogP) is 3.44. The van der Waals surface area contributed by atoms with Gasteiger partial charge in [0.05, 0.1) is 0 Å². The molecule has 1 aromatic carbocycles. The zero-order valence-corrected chi connectivity index (χ0v) is 17.1. The first kappa shape index (κ1) is 19.9. The summed E-state index contributed by atoms with van der Waals surface area (Å²) in [6.07, 6.45) is 4.06. The summed E-state index contributed by atoms with van der Waals surface area (Å²) in [6, 6.07) is 9.64. The highest BCUT2D eigenvalue weighted by atomic mass is 32.2. The van der Waals surface area contributed by atoms with Crippen LogP contribution in [0.25, 0.3) is 0 Å². The number of carbonyl (C=O) groups excluding carboxylic acids is 2. The molecule has 0 unspecified atom stereocenters. The van der Waals surface area contributed by atoms with Crippen LogP contribution in [0.4, 0.5) is 5.69 Å². The van der Waals surface area contributed by atoms with Crippen molar-refractivity contribution in [2.24, 2.45) is 5.92 Å². The molecule has 1 aromatic heterocycles. The molecule has 1 aliphatic rings. The molecule has 144 valence electrons. The second-order valence-electron chi connectivity index (χ2n) is 6.75. The largest absolute Gasteiger partial charge is 0.348 e. The van der Waals surface area contributed by atoms with Gasteiger partial charge in [0.25, 0.3) is 0 Å². The van der Waals surface area contributed by atoms with Gasteiger partial charge in [-0.15, -0.1) is 11.8 Å². The molecule has 0 bridgehead atoms. The van der Waals surface area contributed by atoms with E-state index in [-0.39, 0.29) is 0 Å². The van der Waals surface area contributed by atoms with Crippen molar-refractivity contribution in [3.05, 3.63) is 46.7 Å². The molecule has 0 radical (unpaired) electrons. The van der Waals surface area contributed by atoms with E-state index < -0.39 is 11.8 Å². The topological polar surface area (TPSA) is 61.4 Å². The van der Waals surface area contributed by atoms with E-state index in [0.717, 1.165) is 37.4 Å². The number of likely N-dealkylation sites (tertiary alicyclic amines) is 1. The zero-order valence-electron chi connectivity index (χ0n) is 15.4. The summed E-state index contributed by atoms with van der Waals surface area (Å²) in [5.41, 5.74) is 2.01. The van der Waals surface area contributed by atoms with Crippen LogP contribution in [-0.4, -0.2) is 42.6 Å².